The Morgan fingerprint density at radius 1 is 1.46 bits per heavy atom. The number of anilines is 1. The second-order valence-electron chi connectivity index (χ2n) is 8.32. The lowest BCUT2D eigenvalue weighted by atomic mass is 10.0. The topological polar surface area (TPSA) is 194 Å². The zero-order chi connectivity index (χ0) is 25.8. The number of hydrogen-bond donors (Lipinski definition) is 4. The van der Waals surface area contributed by atoms with Crippen molar-refractivity contribution in [3.8, 4) is 5.75 Å². The van der Waals surface area contributed by atoms with Crippen molar-refractivity contribution < 1.29 is 38.6 Å². The van der Waals surface area contributed by atoms with Gasteiger partial charge in [0.25, 0.3) is 5.91 Å². The Balaban J connectivity index is 1.95. The summed E-state index contributed by atoms with van der Waals surface area (Å²) in [5.41, 5.74) is 5.96. The molecule has 0 bridgehead atoms. The van der Waals surface area contributed by atoms with Gasteiger partial charge in [-0.3, -0.25) is 19.7 Å². The maximum atomic E-state index is 14.4. The highest BCUT2D eigenvalue weighted by Crippen LogP contribution is 2.35. The molecule has 1 aromatic rings. The van der Waals surface area contributed by atoms with Crippen LogP contribution in [0.4, 0.5) is 10.5 Å². The first-order valence-corrected chi connectivity index (χ1v) is 10.9. The van der Waals surface area contributed by atoms with Gasteiger partial charge >= 0.3 is 12.0 Å². The van der Waals surface area contributed by atoms with Crippen LogP contribution in [0.2, 0.25) is 0 Å². The number of aliphatic carboxylic acids is 1. The van der Waals surface area contributed by atoms with Crippen LogP contribution >= 0.6 is 0 Å². The SMILES string of the molecule is COc1cccc(N(C(N)=O)C2CCC(=O)N3CNCC(C(=O)N[C@H](C=O)CC(=O)O)C[N+]23[O-])c1. The Morgan fingerprint density at radius 2 is 2.20 bits per heavy atom. The highest BCUT2D eigenvalue weighted by molar-refractivity contribution is 5.91. The fourth-order valence-corrected chi connectivity index (χ4v) is 4.40. The number of nitrogens with one attached hydrogen (secondary N) is 2. The smallest absolute Gasteiger partial charge is 0.323 e. The molecule has 4 amide bonds. The molecule has 0 aromatic heterocycles. The molecule has 0 radical (unpaired) electrons. The van der Waals surface area contributed by atoms with E-state index >= 15 is 0 Å². The fourth-order valence-electron chi connectivity index (χ4n) is 4.40. The zero-order valence-electron chi connectivity index (χ0n) is 19.1. The molecule has 0 saturated carbocycles. The van der Waals surface area contributed by atoms with Crippen molar-refractivity contribution in [1.29, 1.82) is 0 Å². The van der Waals surface area contributed by atoms with E-state index in [2.05, 4.69) is 10.6 Å². The van der Waals surface area contributed by atoms with Gasteiger partial charge in [0.1, 0.15) is 31.2 Å². The van der Waals surface area contributed by atoms with Gasteiger partial charge in [-0.1, -0.05) is 6.07 Å². The van der Waals surface area contributed by atoms with E-state index in [1.54, 1.807) is 18.2 Å². The standard InChI is InChI=1S/C21H28N6O8/c1-35-16-4-2-3-15(8-16)26(21(22)33)17-5-6-18(29)25-12-23-9-13(10-27(17,25)34)20(32)24-14(11-28)7-19(30)31/h2-4,8,11,13-14,17,23H,5-7,9-10,12H2,1H3,(H2,22,33)(H,24,32)(H,30,31)/t13?,14-,17?,27?/m0/s1. The third-order valence-electron chi connectivity index (χ3n) is 6.04. The Kier molecular flexibility index (Phi) is 7.89. The molecule has 2 aliphatic heterocycles. The number of hydrogen-bond acceptors (Lipinski definition) is 8. The van der Waals surface area contributed by atoms with Crippen LogP contribution in [0.3, 0.4) is 0 Å². The summed E-state index contributed by atoms with van der Waals surface area (Å²) < 4.78 is 3.84. The quantitative estimate of drug-likeness (QED) is 0.202. The second kappa shape index (κ2) is 10.7. The van der Waals surface area contributed by atoms with E-state index < -0.39 is 59.7 Å². The van der Waals surface area contributed by atoms with Gasteiger partial charge in [-0.2, -0.15) is 5.01 Å². The summed E-state index contributed by atoms with van der Waals surface area (Å²) in [5.74, 6) is -3.09. The Hall–Kier alpha value is -3.75. The number of ether oxygens (including phenoxy) is 1. The van der Waals surface area contributed by atoms with Crippen LogP contribution in [-0.4, -0.2) is 84.0 Å². The van der Waals surface area contributed by atoms with Crippen LogP contribution in [0, 0.1) is 11.1 Å². The lowest BCUT2D eigenvalue weighted by Gasteiger charge is -2.57. The highest BCUT2D eigenvalue weighted by Gasteiger charge is 2.51. The number of aldehydes is 1. The monoisotopic (exact) mass is 492 g/mol. The van der Waals surface area contributed by atoms with E-state index in [1.807, 2.05) is 0 Å². The second-order valence-corrected chi connectivity index (χ2v) is 8.32. The van der Waals surface area contributed by atoms with Crippen LogP contribution in [0.15, 0.2) is 24.3 Å². The molecule has 2 heterocycles. The van der Waals surface area contributed by atoms with Crippen LogP contribution in [-0.2, 0) is 19.2 Å². The van der Waals surface area contributed by atoms with Gasteiger partial charge < -0.3 is 30.9 Å². The van der Waals surface area contributed by atoms with Crippen molar-refractivity contribution in [2.45, 2.75) is 31.5 Å². The van der Waals surface area contributed by atoms with Crippen molar-refractivity contribution in [2.24, 2.45) is 11.7 Å². The fraction of sp³-hybridized carbons (Fsp3) is 0.476. The number of benzene rings is 1. The van der Waals surface area contributed by atoms with Crippen molar-refractivity contribution in [2.75, 3.05) is 31.8 Å². The van der Waals surface area contributed by atoms with Crippen molar-refractivity contribution >= 4 is 35.8 Å². The molecule has 14 nitrogen and oxygen atoms in total. The van der Waals surface area contributed by atoms with Crippen molar-refractivity contribution in [1.82, 2.24) is 15.6 Å². The van der Waals surface area contributed by atoms with E-state index in [9.17, 15) is 29.2 Å². The van der Waals surface area contributed by atoms with Gasteiger partial charge in [0.05, 0.1) is 25.3 Å². The van der Waals surface area contributed by atoms with Crippen LogP contribution < -0.4 is 26.0 Å². The largest absolute Gasteiger partial charge is 0.604 e. The molecular formula is C21H28N6O8. The molecule has 1 aromatic carbocycles. The Bertz CT molecular complexity index is 1010. The maximum absolute atomic E-state index is 14.4. The van der Waals surface area contributed by atoms with E-state index in [0.29, 0.717) is 12.0 Å². The number of amides is 4. The number of fused-ring (bicyclic) bond motifs is 1. The first kappa shape index (κ1) is 25.9. The predicted molar refractivity (Wildman–Crippen MR) is 120 cm³/mol. The zero-order valence-corrected chi connectivity index (χ0v) is 19.1. The number of quaternary nitrogens is 1. The summed E-state index contributed by atoms with van der Waals surface area (Å²) in [7, 11) is 1.44. The third kappa shape index (κ3) is 5.50. The molecule has 4 atom stereocenters. The first-order chi connectivity index (χ1) is 16.6. The average molecular weight is 492 g/mol. The lowest BCUT2D eigenvalue weighted by molar-refractivity contribution is -1.00. The van der Waals surface area contributed by atoms with Gasteiger partial charge in [-0.05, 0) is 12.1 Å². The van der Waals surface area contributed by atoms with E-state index in [1.165, 1.54) is 13.2 Å². The normalized spacial score (nSPS) is 25.0. The number of carbonyl (C=O) groups is 5. The molecule has 3 unspecified atom stereocenters. The Morgan fingerprint density at radius 3 is 2.83 bits per heavy atom. The molecule has 2 saturated heterocycles. The van der Waals surface area contributed by atoms with Crippen LogP contribution in [0.1, 0.15) is 19.3 Å². The summed E-state index contributed by atoms with van der Waals surface area (Å²) >= 11 is 0. The van der Waals surface area contributed by atoms with E-state index in [0.717, 1.165) is 9.91 Å². The van der Waals surface area contributed by atoms with Crippen molar-refractivity contribution in [3.63, 3.8) is 0 Å². The molecule has 5 N–H and O–H groups in total. The predicted octanol–water partition coefficient (Wildman–Crippen LogP) is -0.906. The van der Waals surface area contributed by atoms with Gasteiger partial charge in [0.2, 0.25) is 5.91 Å². The number of urea groups is 1. The Labute approximate surface area is 200 Å². The molecule has 2 fully saturated rings. The lowest BCUT2D eigenvalue weighted by Crippen LogP contribution is -2.73. The highest BCUT2D eigenvalue weighted by atomic mass is 16.6. The minimum absolute atomic E-state index is 0.0106. The number of nitrogens with zero attached hydrogens (tertiary/aromatic N) is 3. The molecule has 0 spiro atoms. The van der Waals surface area contributed by atoms with Gasteiger partial charge in [-0.15, -0.1) is 0 Å². The van der Waals surface area contributed by atoms with Crippen molar-refractivity contribution in [3.05, 3.63) is 29.5 Å². The molecular weight excluding hydrogens is 464 g/mol. The van der Waals surface area contributed by atoms with Crippen LogP contribution in [0.5, 0.6) is 5.75 Å². The number of nitrogens with two attached hydrogens (primary N) is 1. The number of rotatable bonds is 8. The summed E-state index contributed by atoms with van der Waals surface area (Å²) in [5, 5.41) is 29.5. The molecule has 2 aliphatic rings. The third-order valence-corrected chi connectivity index (χ3v) is 6.04. The minimum atomic E-state index is -1.37. The van der Waals surface area contributed by atoms with E-state index in [-0.39, 0.29) is 31.7 Å². The molecule has 3 rings (SSSR count). The summed E-state index contributed by atoms with van der Waals surface area (Å²) in [6, 6.07) is 4.16. The number of methoxy groups -OCH3 is 1. The summed E-state index contributed by atoms with van der Waals surface area (Å²) in [4.78, 5) is 61.4. The molecule has 0 aliphatic carbocycles. The first-order valence-electron chi connectivity index (χ1n) is 10.9. The number of primary amides is 1. The van der Waals surface area contributed by atoms with Crippen LogP contribution in [0.25, 0.3) is 0 Å². The number of carbonyl (C=O) groups excluding carboxylic acids is 4. The van der Waals surface area contributed by atoms with E-state index in [4.69, 9.17) is 15.6 Å². The molecule has 190 valence electrons. The minimum Gasteiger partial charge on any atom is -0.604 e. The summed E-state index contributed by atoms with van der Waals surface area (Å²) in [6.07, 6.45) is -1.53. The summed E-state index contributed by atoms with van der Waals surface area (Å²) in [6.45, 7) is -0.653. The van der Waals surface area contributed by atoms with Gasteiger partial charge in [-0.25, -0.2) is 14.4 Å². The maximum Gasteiger partial charge on any atom is 0.323 e. The van der Waals surface area contributed by atoms with Gasteiger partial charge in [0.15, 0.2) is 6.17 Å². The molecule has 35 heavy (non-hydrogen) atoms. The number of carboxylic acid groups (broad SMARTS) is 1. The van der Waals surface area contributed by atoms with Gasteiger partial charge in [0, 0.05) is 25.5 Å². The average Bonchev–Trinajstić information content (AvgIpc) is 3.00. The number of hydroxylamine groups is 2. The number of carboxylic acids is 1. The molecule has 14 heteroatoms.